The monoisotopic (exact) mass is 588 g/mol. The van der Waals surface area contributed by atoms with E-state index >= 15 is 0 Å². The molecule has 2 amide bonds. The number of nitrogens with zero attached hydrogens (tertiary/aromatic N) is 5. The van der Waals surface area contributed by atoms with Crippen molar-refractivity contribution in [2.24, 2.45) is 5.16 Å². The Morgan fingerprint density at radius 2 is 2.05 bits per heavy atom. The van der Waals surface area contributed by atoms with Crippen molar-refractivity contribution >= 4 is 68.2 Å². The third-order valence-electron chi connectivity index (χ3n) is 5.66. The Bertz CT molecular complexity index is 1520. The predicted molar refractivity (Wildman–Crippen MR) is 140 cm³/mol. The van der Waals surface area contributed by atoms with Crippen LogP contribution < -0.4 is 26.5 Å². The van der Waals surface area contributed by atoms with Gasteiger partial charge in [0.2, 0.25) is 6.20 Å². The van der Waals surface area contributed by atoms with E-state index in [1.54, 1.807) is 22.2 Å². The van der Waals surface area contributed by atoms with E-state index in [-0.39, 0.29) is 46.9 Å². The smallest absolute Gasteiger partial charge is 0.276 e. The number of carbonyl (C=O) groups excluding carboxylic acids is 3. The highest BCUT2D eigenvalue weighted by molar-refractivity contribution is 8.00. The number of anilines is 2. The molecule has 6 N–H and O–H groups in total. The van der Waals surface area contributed by atoms with Crippen LogP contribution >= 0.6 is 34.4 Å². The standard InChI is InChI=1S/C22H20N8O6S3/c23-21-25-11(8-38-21)6-36-28-14(13-9-39-22(24)26-13)17(32)27-15-18(33)30-16(20(34)35)10(7-37-19(15)30)4-29-3-1-2-12(31)5-29/h1-3,5,8-9,15,19H,4,6-7H2,(H6-,23,24,25,26,27,31,32,34,35)/b28-14-/t15?,19-/m0/s1. The molecule has 0 radical (unpaired) electrons. The van der Waals surface area contributed by atoms with Gasteiger partial charge in [0.25, 0.3) is 11.8 Å². The Labute approximate surface area is 232 Å². The van der Waals surface area contributed by atoms with E-state index in [4.69, 9.17) is 16.3 Å². The van der Waals surface area contributed by atoms with Crippen LogP contribution in [-0.2, 0) is 32.4 Å². The normalized spacial score (nSPS) is 18.9. The van der Waals surface area contributed by atoms with Gasteiger partial charge in [0.15, 0.2) is 41.1 Å². The van der Waals surface area contributed by atoms with E-state index < -0.39 is 29.2 Å². The van der Waals surface area contributed by atoms with E-state index in [1.807, 2.05) is 0 Å². The average Bonchev–Trinajstić information content (AvgIpc) is 3.52. The van der Waals surface area contributed by atoms with E-state index in [0.717, 1.165) is 16.2 Å². The van der Waals surface area contributed by atoms with Crippen LogP contribution in [-0.4, -0.2) is 60.6 Å². The Balaban J connectivity index is 1.32. The summed E-state index contributed by atoms with van der Waals surface area (Å²) in [7, 11) is 0. The summed E-state index contributed by atoms with van der Waals surface area (Å²) >= 11 is 3.61. The molecule has 3 aromatic heterocycles. The van der Waals surface area contributed by atoms with Gasteiger partial charge in [-0.25, -0.2) is 9.97 Å². The fourth-order valence-electron chi connectivity index (χ4n) is 3.98. The van der Waals surface area contributed by atoms with Crippen LogP contribution in [0.5, 0.6) is 5.75 Å². The van der Waals surface area contributed by atoms with Gasteiger partial charge in [-0.05, 0) is 6.07 Å². The zero-order valence-corrected chi connectivity index (χ0v) is 22.3. The number of carbonyl (C=O) groups is 3. The summed E-state index contributed by atoms with van der Waals surface area (Å²) < 4.78 is 1.60. The molecule has 17 heteroatoms. The summed E-state index contributed by atoms with van der Waals surface area (Å²) in [5.41, 5.74) is 12.0. The fraction of sp³-hybridized carbons (Fsp3) is 0.227. The number of fused-ring (bicyclic) bond motifs is 1. The van der Waals surface area contributed by atoms with Gasteiger partial charge in [0.1, 0.15) is 17.1 Å². The molecule has 2 aliphatic heterocycles. The summed E-state index contributed by atoms with van der Waals surface area (Å²) in [6, 6.07) is 2.07. The number of rotatable bonds is 9. The van der Waals surface area contributed by atoms with Crippen molar-refractivity contribution in [1.82, 2.24) is 20.2 Å². The molecule has 1 saturated heterocycles. The minimum Gasteiger partial charge on any atom is -0.543 e. The van der Waals surface area contributed by atoms with Crippen LogP contribution in [0.3, 0.4) is 0 Å². The number of thioether (sulfide) groups is 1. The topological polar surface area (TPSA) is 213 Å². The van der Waals surface area contributed by atoms with Crippen molar-refractivity contribution in [3.05, 3.63) is 57.9 Å². The van der Waals surface area contributed by atoms with Crippen LogP contribution in [0.4, 0.5) is 10.3 Å². The zero-order chi connectivity index (χ0) is 27.7. The second-order valence-corrected chi connectivity index (χ2v) is 11.2. The number of carboxylic acids is 1. The Kier molecular flexibility index (Phi) is 7.36. The highest BCUT2D eigenvalue weighted by Gasteiger charge is 2.53. The number of amides is 2. The van der Waals surface area contributed by atoms with Crippen LogP contribution in [0.2, 0.25) is 0 Å². The van der Waals surface area contributed by atoms with Crippen LogP contribution in [0.1, 0.15) is 11.4 Å². The molecular weight excluding hydrogens is 568 g/mol. The number of pyridine rings is 1. The van der Waals surface area contributed by atoms with Crippen LogP contribution in [0, 0.1) is 0 Å². The molecule has 3 aromatic rings. The van der Waals surface area contributed by atoms with Crippen LogP contribution in [0.25, 0.3) is 0 Å². The van der Waals surface area contributed by atoms with E-state index in [2.05, 4.69) is 20.4 Å². The molecule has 2 atom stereocenters. The highest BCUT2D eigenvalue weighted by atomic mass is 32.2. The third kappa shape index (κ3) is 5.50. The summed E-state index contributed by atoms with van der Waals surface area (Å²) in [4.78, 5) is 52.8. The summed E-state index contributed by atoms with van der Waals surface area (Å²) in [6.45, 7) is 0.0702. The molecule has 1 fully saturated rings. The second kappa shape index (κ2) is 10.9. The fourth-order valence-corrected chi connectivity index (χ4v) is 6.41. The minimum absolute atomic E-state index is 0.0104. The molecule has 202 valence electrons. The van der Waals surface area contributed by atoms with Crippen LogP contribution in [0.15, 0.2) is 51.7 Å². The van der Waals surface area contributed by atoms with Gasteiger partial charge in [0.05, 0.1) is 17.4 Å². The van der Waals surface area contributed by atoms with Crippen molar-refractivity contribution in [3.8, 4) is 5.75 Å². The maximum absolute atomic E-state index is 13.2. The summed E-state index contributed by atoms with van der Waals surface area (Å²) in [5, 5.41) is 31.4. The van der Waals surface area contributed by atoms with Gasteiger partial charge >= 0.3 is 0 Å². The zero-order valence-electron chi connectivity index (χ0n) is 19.8. The molecule has 5 rings (SSSR count). The van der Waals surface area contributed by atoms with Gasteiger partial charge in [0, 0.05) is 28.2 Å². The maximum atomic E-state index is 13.2. The lowest BCUT2D eigenvalue weighted by molar-refractivity contribution is -0.689. The summed E-state index contributed by atoms with van der Waals surface area (Å²) in [6.07, 6.45) is 3.10. The second-order valence-electron chi connectivity index (χ2n) is 8.30. The molecule has 1 unspecified atom stereocenters. The summed E-state index contributed by atoms with van der Waals surface area (Å²) in [5.74, 6) is -2.61. The third-order valence-corrected chi connectivity index (χ3v) is 8.40. The first-order chi connectivity index (χ1) is 18.7. The quantitative estimate of drug-likeness (QED) is 0.101. The van der Waals surface area contributed by atoms with Crippen molar-refractivity contribution in [3.63, 3.8) is 0 Å². The number of carboxylic acid groups (broad SMARTS) is 1. The Morgan fingerprint density at radius 3 is 2.72 bits per heavy atom. The Morgan fingerprint density at radius 1 is 1.28 bits per heavy atom. The van der Waals surface area contributed by atoms with Crippen molar-refractivity contribution in [2.45, 2.75) is 24.6 Å². The van der Waals surface area contributed by atoms with Gasteiger partial charge < -0.3 is 36.6 Å². The number of aromatic nitrogens is 3. The largest absolute Gasteiger partial charge is 0.543 e. The lowest BCUT2D eigenvalue weighted by Gasteiger charge is -2.50. The van der Waals surface area contributed by atoms with Crippen molar-refractivity contribution in [1.29, 1.82) is 0 Å². The van der Waals surface area contributed by atoms with Gasteiger partial charge in [-0.3, -0.25) is 14.5 Å². The minimum atomic E-state index is -1.51. The number of oxime groups is 1. The maximum Gasteiger partial charge on any atom is 0.276 e. The Hall–Kier alpha value is -4.22. The van der Waals surface area contributed by atoms with Gasteiger partial charge in [-0.1, -0.05) is 5.16 Å². The van der Waals surface area contributed by atoms with E-state index in [0.29, 0.717) is 16.4 Å². The molecule has 0 bridgehead atoms. The molecule has 5 heterocycles. The number of hydrogen-bond donors (Lipinski definition) is 4. The molecule has 14 nitrogen and oxygen atoms in total. The molecule has 0 aliphatic carbocycles. The number of aliphatic carboxylic acids is 1. The van der Waals surface area contributed by atoms with E-state index in [1.165, 1.54) is 40.7 Å². The number of aromatic hydroxyl groups is 1. The SMILES string of the molecule is Nc1nc(CO/N=C(\C(=O)NC2C(=O)N3C(C(=O)[O-])=C(C[n+]4cccc(O)c4)CS[C@@H]23)c2csc(N)n2)cs1. The molecule has 0 saturated carbocycles. The van der Waals surface area contributed by atoms with Gasteiger partial charge in [-0.15, -0.1) is 34.4 Å². The molecule has 2 aliphatic rings. The highest BCUT2D eigenvalue weighted by Crippen LogP contribution is 2.40. The molecule has 0 spiro atoms. The average molecular weight is 589 g/mol. The number of hydrogen-bond acceptors (Lipinski definition) is 14. The first-order valence-electron chi connectivity index (χ1n) is 11.2. The molecular formula is C22H20N8O6S3. The number of nitrogens with one attached hydrogen (secondary N) is 1. The lowest BCUT2D eigenvalue weighted by atomic mass is 10.0. The molecule has 39 heavy (non-hydrogen) atoms. The van der Waals surface area contributed by atoms with E-state index in [9.17, 15) is 24.6 Å². The first kappa shape index (κ1) is 26.4. The van der Waals surface area contributed by atoms with Crippen molar-refractivity contribution < 1.29 is 34.0 Å². The first-order valence-corrected chi connectivity index (χ1v) is 14.0. The van der Waals surface area contributed by atoms with Gasteiger partial charge in [-0.2, -0.15) is 4.57 Å². The predicted octanol–water partition coefficient (Wildman–Crippen LogP) is -1.22. The number of thiazole rings is 2. The molecule has 0 aromatic carbocycles. The number of nitrogens with two attached hydrogens (primary N) is 2. The number of β-lactam (4-membered cyclic amide) rings is 1. The van der Waals surface area contributed by atoms with Crippen molar-refractivity contribution in [2.75, 3.05) is 17.2 Å². The lowest BCUT2D eigenvalue weighted by Crippen LogP contribution is -2.71. The number of nitrogen functional groups attached to an aromatic ring is 2.